The largest absolute Gasteiger partial charge is 0.383 e. The van der Waals surface area contributed by atoms with Crippen molar-refractivity contribution >= 4 is 27.7 Å². The number of methoxy groups -OCH3 is 1. The van der Waals surface area contributed by atoms with Crippen molar-refractivity contribution in [1.29, 1.82) is 0 Å². The Balaban J connectivity index is 1.68. The Morgan fingerprint density at radius 3 is 2.69 bits per heavy atom. The zero-order valence-electron chi connectivity index (χ0n) is 16.3. The van der Waals surface area contributed by atoms with Gasteiger partial charge >= 0.3 is 0 Å². The molecule has 2 heterocycles. The highest BCUT2D eigenvalue weighted by Crippen LogP contribution is 2.22. The number of hydrogen-bond donors (Lipinski definition) is 2. The molecule has 2 aromatic carbocycles. The molecule has 0 saturated heterocycles. The van der Waals surface area contributed by atoms with Crippen LogP contribution in [0, 0.1) is 0 Å². The number of carbonyl (C=O) groups excluding carboxylic acids is 1. The van der Waals surface area contributed by atoms with Crippen LogP contribution in [0.1, 0.15) is 29.1 Å². The molecule has 0 aliphatic rings. The highest BCUT2D eigenvalue weighted by Gasteiger charge is 2.20. The lowest BCUT2D eigenvalue weighted by molar-refractivity contribution is 0.0938. The third kappa shape index (κ3) is 3.52. The summed E-state index contributed by atoms with van der Waals surface area (Å²) in [5.41, 5.74) is 2.07. The van der Waals surface area contributed by atoms with Gasteiger partial charge < -0.3 is 19.6 Å². The molecule has 0 saturated carbocycles. The maximum atomic E-state index is 13.0. The second-order valence-corrected chi connectivity index (χ2v) is 6.88. The molecule has 4 rings (SSSR count). The third-order valence-electron chi connectivity index (χ3n) is 4.99. The number of pyridine rings is 1. The number of imidazole rings is 1. The molecule has 0 radical (unpaired) electrons. The molecular weight excluding hydrogens is 368 g/mol. The molecule has 0 fully saturated rings. The van der Waals surface area contributed by atoms with Gasteiger partial charge in [-0.05, 0) is 25.1 Å². The van der Waals surface area contributed by atoms with Crippen molar-refractivity contribution < 1.29 is 9.53 Å². The number of benzene rings is 2. The fourth-order valence-electron chi connectivity index (χ4n) is 3.58. The van der Waals surface area contributed by atoms with Crippen molar-refractivity contribution in [1.82, 2.24) is 19.9 Å². The minimum atomic E-state index is -0.336. The maximum absolute atomic E-state index is 13.0. The van der Waals surface area contributed by atoms with Gasteiger partial charge in [0.1, 0.15) is 5.82 Å². The Hall–Kier alpha value is -3.45. The number of aromatic amines is 1. The predicted molar refractivity (Wildman–Crippen MR) is 112 cm³/mol. The van der Waals surface area contributed by atoms with Crippen LogP contribution in [0.4, 0.5) is 0 Å². The van der Waals surface area contributed by atoms with E-state index >= 15 is 0 Å². The number of fused-ring (bicyclic) bond motifs is 2. The number of rotatable bonds is 6. The van der Waals surface area contributed by atoms with Gasteiger partial charge in [0.25, 0.3) is 11.5 Å². The topological polar surface area (TPSA) is 89.0 Å². The second-order valence-electron chi connectivity index (χ2n) is 6.88. The summed E-state index contributed by atoms with van der Waals surface area (Å²) in [6.07, 6.45) is 1.46. The molecule has 0 spiro atoms. The van der Waals surface area contributed by atoms with Gasteiger partial charge in [-0.15, -0.1) is 0 Å². The van der Waals surface area contributed by atoms with E-state index in [-0.39, 0.29) is 17.5 Å². The molecule has 0 unspecified atom stereocenters. The van der Waals surface area contributed by atoms with Gasteiger partial charge in [-0.2, -0.15) is 0 Å². The van der Waals surface area contributed by atoms with Crippen LogP contribution in [0.25, 0.3) is 21.8 Å². The molecule has 29 heavy (non-hydrogen) atoms. The number of hydrogen-bond acceptors (Lipinski definition) is 4. The fourth-order valence-corrected chi connectivity index (χ4v) is 3.58. The minimum absolute atomic E-state index is 0.216. The Morgan fingerprint density at radius 2 is 1.90 bits per heavy atom. The summed E-state index contributed by atoms with van der Waals surface area (Å²) in [4.78, 5) is 32.4. The molecule has 0 aliphatic carbocycles. The van der Waals surface area contributed by atoms with Crippen LogP contribution in [0.5, 0.6) is 0 Å². The molecule has 4 aromatic rings. The third-order valence-corrected chi connectivity index (χ3v) is 4.99. The first-order valence-corrected chi connectivity index (χ1v) is 9.45. The smallest absolute Gasteiger partial charge is 0.255 e. The molecule has 1 amide bonds. The van der Waals surface area contributed by atoms with Crippen molar-refractivity contribution in [2.45, 2.75) is 19.5 Å². The van der Waals surface area contributed by atoms with E-state index in [1.54, 1.807) is 25.3 Å². The van der Waals surface area contributed by atoms with Gasteiger partial charge in [0.2, 0.25) is 0 Å². The zero-order chi connectivity index (χ0) is 20.4. The summed E-state index contributed by atoms with van der Waals surface area (Å²) >= 11 is 0. The second kappa shape index (κ2) is 7.89. The number of aromatic nitrogens is 3. The molecule has 7 nitrogen and oxygen atoms in total. The summed E-state index contributed by atoms with van der Waals surface area (Å²) in [7, 11) is 1.66. The van der Waals surface area contributed by atoms with Crippen molar-refractivity contribution in [3.8, 4) is 0 Å². The average molecular weight is 390 g/mol. The molecule has 2 aromatic heterocycles. The first-order chi connectivity index (χ1) is 14.1. The molecule has 1 atom stereocenters. The lowest BCUT2D eigenvalue weighted by Gasteiger charge is -2.17. The zero-order valence-corrected chi connectivity index (χ0v) is 16.3. The monoisotopic (exact) mass is 390 g/mol. The number of amides is 1. The Morgan fingerprint density at radius 1 is 1.17 bits per heavy atom. The summed E-state index contributed by atoms with van der Waals surface area (Å²) in [5, 5.41) is 4.12. The van der Waals surface area contributed by atoms with Gasteiger partial charge in [-0.3, -0.25) is 9.59 Å². The highest BCUT2D eigenvalue weighted by atomic mass is 16.5. The van der Waals surface area contributed by atoms with E-state index in [1.165, 1.54) is 6.20 Å². The van der Waals surface area contributed by atoms with Crippen LogP contribution in [0.3, 0.4) is 0 Å². The van der Waals surface area contributed by atoms with Gasteiger partial charge in [-0.1, -0.05) is 30.3 Å². The normalized spacial score (nSPS) is 12.3. The number of nitrogens with one attached hydrogen (secondary N) is 2. The first kappa shape index (κ1) is 18.9. The van der Waals surface area contributed by atoms with Crippen LogP contribution in [0.2, 0.25) is 0 Å². The van der Waals surface area contributed by atoms with Crippen LogP contribution >= 0.6 is 0 Å². The SMILES string of the molecule is COCCn1c([C@H](C)NC(=O)c2c[nH]c(=O)c3ccccc23)nc2ccccc21. The van der Waals surface area contributed by atoms with E-state index in [4.69, 9.17) is 9.72 Å². The standard InChI is InChI=1S/C22H22N4O3/c1-14(20-25-18-9-5-6-10-19(18)26(20)11-12-29-2)24-22(28)17-13-23-21(27)16-8-4-3-7-15(16)17/h3-10,13-14H,11-12H2,1-2H3,(H,23,27)(H,24,28)/t14-/m0/s1. The van der Waals surface area contributed by atoms with Gasteiger partial charge in [0.15, 0.2) is 0 Å². The number of carbonyl (C=O) groups is 1. The lowest BCUT2D eigenvalue weighted by Crippen LogP contribution is -2.29. The number of para-hydroxylation sites is 2. The molecule has 0 aliphatic heterocycles. The van der Waals surface area contributed by atoms with E-state index < -0.39 is 0 Å². The Kier molecular flexibility index (Phi) is 5.14. The van der Waals surface area contributed by atoms with Gasteiger partial charge in [0, 0.05) is 30.6 Å². The van der Waals surface area contributed by atoms with Crippen molar-refractivity contribution in [2.24, 2.45) is 0 Å². The maximum Gasteiger partial charge on any atom is 0.255 e. The van der Waals surface area contributed by atoms with Gasteiger partial charge in [0.05, 0.1) is 29.2 Å². The van der Waals surface area contributed by atoms with Crippen molar-refractivity contribution in [3.63, 3.8) is 0 Å². The van der Waals surface area contributed by atoms with E-state index in [1.807, 2.05) is 37.3 Å². The minimum Gasteiger partial charge on any atom is -0.383 e. The number of ether oxygens (including phenoxy) is 1. The lowest BCUT2D eigenvalue weighted by atomic mass is 10.1. The quantitative estimate of drug-likeness (QED) is 0.530. The molecule has 2 N–H and O–H groups in total. The van der Waals surface area contributed by atoms with Gasteiger partial charge in [-0.25, -0.2) is 4.98 Å². The van der Waals surface area contributed by atoms with E-state index in [0.29, 0.717) is 29.5 Å². The van der Waals surface area contributed by atoms with E-state index in [0.717, 1.165) is 16.9 Å². The highest BCUT2D eigenvalue weighted by molar-refractivity contribution is 6.06. The summed E-state index contributed by atoms with van der Waals surface area (Å²) in [6.45, 7) is 3.07. The van der Waals surface area contributed by atoms with Crippen LogP contribution in [-0.2, 0) is 11.3 Å². The van der Waals surface area contributed by atoms with Crippen molar-refractivity contribution in [3.05, 3.63) is 76.5 Å². The van der Waals surface area contributed by atoms with Crippen LogP contribution < -0.4 is 10.9 Å². The predicted octanol–water partition coefficient (Wildman–Crippen LogP) is 3.02. The molecule has 148 valence electrons. The molecule has 0 bridgehead atoms. The van der Waals surface area contributed by atoms with E-state index in [9.17, 15) is 9.59 Å². The van der Waals surface area contributed by atoms with Crippen LogP contribution in [0.15, 0.2) is 59.5 Å². The Labute approximate surface area is 167 Å². The van der Waals surface area contributed by atoms with Crippen LogP contribution in [-0.4, -0.2) is 34.2 Å². The first-order valence-electron chi connectivity index (χ1n) is 9.45. The molecular formula is C22H22N4O3. The summed E-state index contributed by atoms with van der Waals surface area (Å²) < 4.78 is 7.30. The number of H-pyrrole nitrogens is 1. The Bertz CT molecular complexity index is 1240. The summed E-state index contributed by atoms with van der Waals surface area (Å²) in [5.74, 6) is 0.487. The molecule has 7 heteroatoms. The average Bonchev–Trinajstić information content (AvgIpc) is 3.11. The van der Waals surface area contributed by atoms with E-state index in [2.05, 4.69) is 14.9 Å². The fraction of sp³-hybridized carbons (Fsp3) is 0.227. The summed E-state index contributed by atoms with van der Waals surface area (Å²) in [6, 6.07) is 14.6. The van der Waals surface area contributed by atoms with Crippen molar-refractivity contribution in [2.75, 3.05) is 13.7 Å². The number of nitrogens with zero attached hydrogens (tertiary/aromatic N) is 2.